The summed E-state index contributed by atoms with van der Waals surface area (Å²) < 4.78 is 6.92. The molecule has 1 aromatic heterocycles. The van der Waals surface area contributed by atoms with Gasteiger partial charge in [-0.2, -0.15) is 0 Å². The quantitative estimate of drug-likeness (QED) is 0.167. The van der Waals surface area contributed by atoms with Crippen molar-refractivity contribution in [1.82, 2.24) is 0 Å². The molecular weight excluding hydrogens is 739 g/mol. The molecule has 0 fully saturated rings. The van der Waals surface area contributed by atoms with Crippen molar-refractivity contribution >= 4 is 60.5 Å². The molecule has 0 unspecified atom stereocenters. The van der Waals surface area contributed by atoms with Gasteiger partial charge in [-0.3, -0.25) is 0 Å². The van der Waals surface area contributed by atoms with Gasteiger partial charge in [-0.25, -0.2) is 0 Å². The summed E-state index contributed by atoms with van der Waals surface area (Å²) >= 11 is 0. The zero-order valence-corrected chi connectivity index (χ0v) is 34.1. The molecule has 0 radical (unpaired) electrons. The number of hydrogen-bond acceptors (Lipinski definition) is 2. The molecule has 1 aliphatic rings. The van der Waals surface area contributed by atoms with Gasteiger partial charge in [0.05, 0.1) is 5.69 Å². The first-order valence-corrected chi connectivity index (χ1v) is 21.2. The fraction of sp³-hybridized carbons (Fsp3) is 0.0508. The summed E-state index contributed by atoms with van der Waals surface area (Å²) in [5, 5.41) is 7.07. The maximum atomic E-state index is 6.92. The third-order valence-corrected chi connectivity index (χ3v) is 13.1. The Hall–Kier alpha value is -7.68. The molecule has 61 heavy (non-hydrogen) atoms. The highest BCUT2D eigenvalue weighted by Gasteiger charge is 2.36. The second-order valence-corrected chi connectivity index (χ2v) is 16.9. The van der Waals surface area contributed by atoms with E-state index in [1.165, 1.54) is 60.7 Å². The molecule has 2 nitrogen and oxygen atoms in total. The Balaban J connectivity index is 1.00. The molecule has 0 amide bonds. The van der Waals surface area contributed by atoms with E-state index in [4.69, 9.17) is 4.42 Å². The minimum atomic E-state index is -0.141. The predicted molar refractivity (Wildman–Crippen MR) is 257 cm³/mol. The van der Waals surface area contributed by atoms with Gasteiger partial charge in [0.1, 0.15) is 11.2 Å². The third kappa shape index (κ3) is 5.56. The first-order valence-electron chi connectivity index (χ1n) is 21.2. The van der Waals surface area contributed by atoms with Crippen LogP contribution in [0, 0.1) is 0 Å². The fourth-order valence-electron chi connectivity index (χ4n) is 10.0. The van der Waals surface area contributed by atoms with Crippen LogP contribution in [0.3, 0.4) is 0 Å². The molecule has 0 bridgehead atoms. The molecular formula is C59H41NO. The predicted octanol–water partition coefficient (Wildman–Crippen LogP) is 16.7. The van der Waals surface area contributed by atoms with Gasteiger partial charge in [0.15, 0.2) is 0 Å². The second kappa shape index (κ2) is 13.7. The number of benzene rings is 10. The van der Waals surface area contributed by atoms with Crippen molar-refractivity contribution < 1.29 is 4.42 Å². The molecule has 0 spiro atoms. The molecule has 1 heterocycles. The first-order chi connectivity index (χ1) is 30.0. The van der Waals surface area contributed by atoms with Gasteiger partial charge < -0.3 is 9.32 Å². The Labute approximate surface area is 355 Å². The van der Waals surface area contributed by atoms with E-state index in [9.17, 15) is 0 Å². The summed E-state index contributed by atoms with van der Waals surface area (Å²) in [6.07, 6.45) is 0. The molecule has 0 saturated heterocycles. The van der Waals surface area contributed by atoms with Crippen LogP contribution < -0.4 is 4.90 Å². The van der Waals surface area contributed by atoms with E-state index >= 15 is 0 Å². The smallest absolute Gasteiger partial charge is 0.143 e. The molecule has 0 aliphatic heterocycles. The largest absolute Gasteiger partial charge is 0.455 e. The van der Waals surface area contributed by atoms with Crippen molar-refractivity contribution in [2.45, 2.75) is 19.3 Å². The maximum absolute atomic E-state index is 6.92. The van der Waals surface area contributed by atoms with Crippen molar-refractivity contribution in [1.29, 1.82) is 0 Å². The minimum absolute atomic E-state index is 0.141. The molecule has 2 heteroatoms. The number of furan rings is 1. The Morgan fingerprint density at radius 1 is 0.344 bits per heavy atom. The van der Waals surface area contributed by atoms with Crippen LogP contribution >= 0.6 is 0 Å². The zero-order valence-electron chi connectivity index (χ0n) is 34.1. The first kappa shape index (κ1) is 35.3. The van der Waals surface area contributed by atoms with Crippen LogP contribution in [0.5, 0.6) is 0 Å². The van der Waals surface area contributed by atoms with E-state index in [-0.39, 0.29) is 5.41 Å². The number of anilines is 3. The Morgan fingerprint density at radius 2 is 0.885 bits per heavy atom. The molecule has 12 rings (SSSR count). The molecule has 11 aromatic rings. The van der Waals surface area contributed by atoms with Crippen LogP contribution in [-0.2, 0) is 5.41 Å². The highest BCUT2D eigenvalue weighted by Crippen LogP contribution is 2.52. The summed E-state index contributed by atoms with van der Waals surface area (Å²) in [4.78, 5) is 2.43. The maximum Gasteiger partial charge on any atom is 0.143 e. The van der Waals surface area contributed by atoms with Gasteiger partial charge in [-0.15, -0.1) is 0 Å². The van der Waals surface area contributed by atoms with E-state index in [1.807, 2.05) is 0 Å². The highest BCUT2D eigenvalue weighted by molar-refractivity contribution is 6.17. The van der Waals surface area contributed by atoms with Crippen molar-refractivity contribution in [2.75, 3.05) is 4.90 Å². The summed E-state index contributed by atoms with van der Waals surface area (Å²) in [5.74, 6) is 0. The van der Waals surface area contributed by atoms with Gasteiger partial charge in [0, 0.05) is 44.1 Å². The monoisotopic (exact) mass is 779 g/mol. The van der Waals surface area contributed by atoms with Crippen LogP contribution in [0.4, 0.5) is 17.1 Å². The van der Waals surface area contributed by atoms with Crippen LogP contribution in [-0.4, -0.2) is 0 Å². The Morgan fingerprint density at radius 3 is 1.70 bits per heavy atom. The lowest BCUT2D eigenvalue weighted by Gasteiger charge is -2.30. The molecule has 0 atom stereocenters. The number of rotatable bonds is 6. The third-order valence-electron chi connectivity index (χ3n) is 13.1. The number of para-hydroxylation sites is 2. The molecule has 1 aliphatic carbocycles. The average Bonchev–Trinajstić information content (AvgIpc) is 3.82. The number of fused-ring (bicyclic) bond motifs is 9. The van der Waals surface area contributed by atoms with Crippen LogP contribution in [0.2, 0.25) is 0 Å². The lowest BCUT2D eigenvalue weighted by molar-refractivity contribution is 0.660. The molecule has 288 valence electrons. The Kier molecular flexibility index (Phi) is 7.92. The van der Waals surface area contributed by atoms with Crippen LogP contribution in [0.15, 0.2) is 217 Å². The van der Waals surface area contributed by atoms with Crippen molar-refractivity contribution in [3.63, 3.8) is 0 Å². The lowest BCUT2D eigenvalue weighted by Crippen LogP contribution is -2.16. The van der Waals surface area contributed by atoms with Crippen molar-refractivity contribution in [2.24, 2.45) is 0 Å². The van der Waals surface area contributed by atoms with Crippen LogP contribution in [0.25, 0.3) is 88.0 Å². The van der Waals surface area contributed by atoms with Crippen molar-refractivity contribution in [3.8, 4) is 44.5 Å². The lowest BCUT2D eigenvalue weighted by atomic mass is 9.82. The van der Waals surface area contributed by atoms with Crippen molar-refractivity contribution in [3.05, 3.63) is 223 Å². The summed E-state index contributed by atoms with van der Waals surface area (Å²) in [6, 6.07) is 77.3. The SMILES string of the molecule is CC1(C)c2ccccc2-c2ccc(N(c3ccc(-c4ccc(-c5cccc6ccccc56)cc4)cc3)c3ccccc3-c3cccc4c3oc3c5ccccc5ccc43)cc21. The zero-order chi connectivity index (χ0) is 40.7. The van der Waals surface area contributed by atoms with E-state index in [0.717, 1.165) is 55.5 Å². The van der Waals surface area contributed by atoms with E-state index in [2.05, 4.69) is 231 Å². The summed E-state index contributed by atoms with van der Waals surface area (Å²) in [6.45, 7) is 4.71. The average molecular weight is 780 g/mol. The molecule has 0 N–H and O–H groups in total. The van der Waals surface area contributed by atoms with E-state index in [0.29, 0.717) is 0 Å². The van der Waals surface area contributed by atoms with Gasteiger partial charge in [-0.1, -0.05) is 190 Å². The summed E-state index contributed by atoms with van der Waals surface area (Å²) in [5.41, 5.74) is 17.3. The standard InChI is InChI=1S/C59H41NO/c1-59(2)54-23-9-7-18-48(54)49-36-34-44(37-55(49)59)60(43-32-29-39(30-33-43)38-25-27-42(28-26-38)46-20-11-15-40-13-3-5-16-45(40)46)56-24-10-8-19-50(56)51-21-12-22-52-53-35-31-41-14-4-6-17-47(41)57(53)61-58(51)52/h3-37H,1-2H3. The Bertz CT molecular complexity index is 3490. The minimum Gasteiger partial charge on any atom is -0.455 e. The van der Waals surface area contributed by atoms with E-state index < -0.39 is 0 Å². The topological polar surface area (TPSA) is 16.4 Å². The number of hydrogen-bond donors (Lipinski definition) is 0. The number of nitrogens with zero attached hydrogens (tertiary/aromatic N) is 1. The normalized spacial score (nSPS) is 12.9. The molecule has 10 aromatic carbocycles. The summed E-state index contributed by atoms with van der Waals surface area (Å²) in [7, 11) is 0. The fourth-order valence-corrected chi connectivity index (χ4v) is 10.0. The van der Waals surface area contributed by atoms with Crippen LogP contribution in [0.1, 0.15) is 25.0 Å². The highest BCUT2D eigenvalue weighted by atomic mass is 16.3. The second-order valence-electron chi connectivity index (χ2n) is 16.9. The van der Waals surface area contributed by atoms with Gasteiger partial charge in [0.25, 0.3) is 0 Å². The van der Waals surface area contributed by atoms with E-state index in [1.54, 1.807) is 0 Å². The van der Waals surface area contributed by atoms with Gasteiger partial charge >= 0.3 is 0 Å². The molecule has 0 saturated carbocycles. The van der Waals surface area contributed by atoms with Gasteiger partial charge in [-0.05, 0) is 97.1 Å². The van der Waals surface area contributed by atoms with Gasteiger partial charge in [0.2, 0.25) is 0 Å².